The third-order valence-corrected chi connectivity index (χ3v) is 9.27. The maximum absolute atomic E-state index is 15.3. The minimum atomic E-state index is -0.360. The number of fused-ring (bicyclic) bond motifs is 1. The van der Waals surface area contributed by atoms with E-state index in [2.05, 4.69) is 15.8 Å². The van der Waals surface area contributed by atoms with E-state index in [0.29, 0.717) is 72.2 Å². The number of hydrogen-bond acceptors (Lipinski definition) is 6. The van der Waals surface area contributed by atoms with E-state index >= 15 is 4.39 Å². The van der Waals surface area contributed by atoms with Crippen molar-refractivity contribution in [1.82, 2.24) is 15.8 Å². The fourth-order valence-electron chi connectivity index (χ4n) is 6.37. The van der Waals surface area contributed by atoms with E-state index in [4.69, 9.17) is 14.0 Å². The van der Waals surface area contributed by atoms with Gasteiger partial charge in [0.2, 0.25) is 0 Å². The first-order valence-corrected chi connectivity index (χ1v) is 18.0. The number of aryl methyl sites for hydroxylation is 2. The monoisotopic (exact) mass is 727 g/mol. The van der Waals surface area contributed by atoms with Crippen molar-refractivity contribution in [3.8, 4) is 33.8 Å². The lowest BCUT2D eigenvalue weighted by Crippen LogP contribution is -2.25. The van der Waals surface area contributed by atoms with Crippen LogP contribution in [0.15, 0.2) is 120 Å². The highest BCUT2D eigenvalue weighted by molar-refractivity contribution is 5.95. The Kier molecular flexibility index (Phi) is 11.4. The number of carbonyl (C=O) groups is 2. The second-order valence-electron chi connectivity index (χ2n) is 13.1. The number of rotatable bonds is 14. The summed E-state index contributed by atoms with van der Waals surface area (Å²) in [7, 11) is 0. The molecule has 2 N–H and O–H groups in total. The maximum Gasteiger partial charge on any atom is 0.273 e. The Labute approximate surface area is 312 Å². The van der Waals surface area contributed by atoms with Crippen molar-refractivity contribution < 1.29 is 32.4 Å². The number of carbonyl (C=O) groups excluding carboxylic acids is 2. The number of benzene rings is 5. The van der Waals surface area contributed by atoms with Gasteiger partial charge in [0.05, 0.1) is 0 Å². The molecular formula is C44H39F2N3O5. The Morgan fingerprint density at radius 3 is 1.89 bits per heavy atom. The van der Waals surface area contributed by atoms with Gasteiger partial charge in [-0.05, 0) is 83.8 Å². The molecule has 10 heteroatoms. The molecule has 0 saturated heterocycles. The van der Waals surface area contributed by atoms with Crippen LogP contribution in [0.3, 0.4) is 0 Å². The summed E-state index contributed by atoms with van der Waals surface area (Å²) in [6, 6.07) is 34.0. The Balaban J connectivity index is 0.835. The van der Waals surface area contributed by atoms with Crippen molar-refractivity contribution in [1.29, 1.82) is 0 Å². The van der Waals surface area contributed by atoms with E-state index in [9.17, 15) is 14.0 Å². The first kappa shape index (κ1) is 36.1. The number of nitrogens with one attached hydrogen (secondary N) is 2. The highest BCUT2D eigenvalue weighted by Crippen LogP contribution is 2.31. The van der Waals surface area contributed by atoms with Gasteiger partial charge < -0.3 is 24.6 Å². The minimum absolute atomic E-state index is 0.165. The molecule has 0 saturated carbocycles. The molecule has 2 amide bonds. The number of hydrogen-bond donors (Lipinski definition) is 2. The van der Waals surface area contributed by atoms with Crippen molar-refractivity contribution in [2.24, 2.45) is 0 Å². The molecule has 2 heterocycles. The van der Waals surface area contributed by atoms with E-state index in [1.807, 2.05) is 60.7 Å². The lowest BCUT2D eigenvalue weighted by molar-refractivity contribution is 0.0939. The second kappa shape index (κ2) is 17.0. The van der Waals surface area contributed by atoms with Crippen LogP contribution >= 0.6 is 0 Å². The van der Waals surface area contributed by atoms with Crippen LogP contribution in [-0.2, 0) is 19.3 Å². The third-order valence-electron chi connectivity index (χ3n) is 9.27. The van der Waals surface area contributed by atoms with E-state index in [-0.39, 0.29) is 35.6 Å². The Hall–Kier alpha value is -6.29. The molecule has 1 aromatic heterocycles. The van der Waals surface area contributed by atoms with Crippen LogP contribution < -0.4 is 20.1 Å². The van der Waals surface area contributed by atoms with Gasteiger partial charge in [-0.2, -0.15) is 0 Å². The van der Waals surface area contributed by atoms with Gasteiger partial charge in [-0.3, -0.25) is 9.59 Å². The molecule has 0 bridgehead atoms. The quantitative estimate of drug-likeness (QED) is 0.109. The number of ether oxygens (including phenoxy) is 2. The summed E-state index contributed by atoms with van der Waals surface area (Å²) >= 11 is 0. The molecule has 6 aromatic rings. The van der Waals surface area contributed by atoms with Crippen molar-refractivity contribution in [2.45, 2.75) is 32.1 Å². The third kappa shape index (κ3) is 9.01. The highest BCUT2D eigenvalue weighted by atomic mass is 19.1. The molecule has 1 aliphatic rings. The van der Waals surface area contributed by atoms with Crippen LogP contribution in [0.4, 0.5) is 8.78 Å². The summed E-state index contributed by atoms with van der Waals surface area (Å²) in [5, 5.41) is 9.73. The number of nitrogens with zero attached hydrogens (tertiary/aromatic N) is 1. The minimum Gasteiger partial charge on any atom is -0.486 e. The van der Waals surface area contributed by atoms with Crippen LogP contribution in [0.1, 0.15) is 56.1 Å². The van der Waals surface area contributed by atoms with E-state index in [1.165, 1.54) is 12.1 Å². The van der Waals surface area contributed by atoms with Crippen molar-refractivity contribution in [3.05, 3.63) is 161 Å². The summed E-state index contributed by atoms with van der Waals surface area (Å²) < 4.78 is 45.8. The maximum atomic E-state index is 15.3. The molecule has 8 nitrogen and oxygen atoms in total. The van der Waals surface area contributed by atoms with Gasteiger partial charge in [-0.25, -0.2) is 8.78 Å². The van der Waals surface area contributed by atoms with Crippen LogP contribution in [0.25, 0.3) is 22.3 Å². The first-order valence-electron chi connectivity index (χ1n) is 18.0. The average Bonchev–Trinajstić information content (AvgIpc) is 3.67. The van der Waals surface area contributed by atoms with Gasteiger partial charge >= 0.3 is 0 Å². The molecule has 0 unspecified atom stereocenters. The summed E-state index contributed by atoms with van der Waals surface area (Å²) in [5.74, 6) is 0.560. The second-order valence-corrected chi connectivity index (χ2v) is 13.1. The predicted octanol–water partition coefficient (Wildman–Crippen LogP) is 8.37. The van der Waals surface area contributed by atoms with Crippen molar-refractivity contribution in [2.75, 3.05) is 26.3 Å². The molecule has 0 atom stereocenters. The van der Waals surface area contributed by atoms with E-state index in [1.54, 1.807) is 42.5 Å². The van der Waals surface area contributed by atoms with E-state index in [0.717, 1.165) is 41.5 Å². The van der Waals surface area contributed by atoms with Crippen LogP contribution in [-0.4, -0.2) is 43.3 Å². The molecule has 5 aromatic carbocycles. The number of halogens is 2. The summed E-state index contributed by atoms with van der Waals surface area (Å²) in [6.45, 7) is 1.93. The zero-order valence-electron chi connectivity index (χ0n) is 29.6. The molecule has 0 radical (unpaired) electrons. The first-order chi connectivity index (χ1) is 26.4. The van der Waals surface area contributed by atoms with Crippen LogP contribution in [0.5, 0.6) is 11.5 Å². The zero-order valence-corrected chi connectivity index (χ0v) is 29.6. The van der Waals surface area contributed by atoms with Gasteiger partial charge in [0.15, 0.2) is 17.2 Å². The van der Waals surface area contributed by atoms with Gasteiger partial charge in [-0.15, -0.1) is 0 Å². The smallest absolute Gasteiger partial charge is 0.273 e. The van der Waals surface area contributed by atoms with Crippen molar-refractivity contribution in [3.63, 3.8) is 0 Å². The molecule has 0 spiro atoms. The van der Waals surface area contributed by atoms with Crippen LogP contribution in [0.2, 0.25) is 0 Å². The lowest BCUT2D eigenvalue weighted by atomic mass is 9.99. The molecule has 1 aliphatic heterocycles. The number of aromatic nitrogens is 1. The molecule has 7 rings (SSSR count). The molecule has 54 heavy (non-hydrogen) atoms. The van der Waals surface area contributed by atoms with Crippen LogP contribution in [0, 0.1) is 11.6 Å². The van der Waals surface area contributed by atoms with Gasteiger partial charge in [0.1, 0.15) is 30.6 Å². The fourth-order valence-corrected chi connectivity index (χ4v) is 6.37. The summed E-state index contributed by atoms with van der Waals surface area (Å²) in [6.07, 6.45) is 3.26. The van der Waals surface area contributed by atoms with Gasteiger partial charge in [-0.1, -0.05) is 84.0 Å². The van der Waals surface area contributed by atoms with Gasteiger partial charge in [0, 0.05) is 42.3 Å². The van der Waals surface area contributed by atoms with Gasteiger partial charge in [0.25, 0.3) is 11.8 Å². The topological polar surface area (TPSA) is 103 Å². The normalized spacial score (nSPS) is 12.0. The van der Waals surface area contributed by atoms with E-state index < -0.39 is 0 Å². The Bertz CT molecular complexity index is 2230. The molecule has 0 aliphatic carbocycles. The average molecular weight is 728 g/mol. The molecule has 274 valence electrons. The molecular weight excluding hydrogens is 688 g/mol. The SMILES string of the molecule is O=C(NCCCc1ccc(-c2ccc(Cc3cc(C(=O)NCCCc4ccc(-c5ccccc5F)cc4)no3)cc2F)cc1)c1ccc2c(c1)OCCO2. The standard InChI is InChI=1S/C44H39F2N3O5/c45-38-8-2-1-7-36(38)32-14-9-30(10-15-32)6-4-22-48-44(51)40-28-35(54-49-40)25-31-13-19-37(39(46)26-31)33-16-11-29(12-17-33)5-3-21-47-43(50)34-18-20-41-42(27-34)53-24-23-52-41/h1-2,7-20,26-28H,3-6,21-25H2,(H,47,50)(H,48,51). The zero-order chi connectivity index (χ0) is 37.3. The van der Waals surface area contributed by atoms with Crippen molar-refractivity contribution >= 4 is 11.8 Å². The Morgan fingerprint density at radius 2 is 1.22 bits per heavy atom. The number of amides is 2. The predicted molar refractivity (Wildman–Crippen MR) is 202 cm³/mol. The highest BCUT2D eigenvalue weighted by Gasteiger charge is 2.16. The fraction of sp³-hybridized carbons (Fsp3) is 0.205. The largest absolute Gasteiger partial charge is 0.486 e. The summed E-state index contributed by atoms with van der Waals surface area (Å²) in [5.41, 5.74) is 6.18. The summed E-state index contributed by atoms with van der Waals surface area (Å²) in [4.78, 5) is 25.3. The molecule has 0 fully saturated rings. The lowest BCUT2D eigenvalue weighted by Gasteiger charge is -2.18. The Morgan fingerprint density at radius 1 is 0.611 bits per heavy atom.